The predicted molar refractivity (Wildman–Crippen MR) is 139 cm³/mol. The molecular formula is C27H29ClN6O. The van der Waals surface area contributed by atoms with Gasteiger partial charge in [0.25, 0.3) is 0 Å². The lowest BCUT2D eigenvalue weighted by molar-refractivity contribution is -0.122. The molecule has 1 aliphatic carbocycles. The third-order valence-corrected chi connectivity index (χ3v) is 7.18. The van der Waals surface area contributed by atoms with Crippen LogP contribution in [0.2, 0.25) is 5.02 Å². The molecule has 0 bridgehead atoms. The predicted octanol–water partition coefficient (Wildman–Crippen LogP) is 4.67. The Hall–Kier alpha value is -3.37. The summed E-state index contributed by atoms with van der Waals surface area (Å²) < 4.78 is 0. The number of hydrogen-bond acceptors (Lipinski definition) is 6. The van der Waals surface area contributed by atoms with Crippen LogP contribution in [-0.4, -0.2) is 48.1 Å². The van der Waals surface area contributed by atoms with Crippen LogP contribution in [-0.2, 0) is 4.79 Å². The van der Waals surface area contributed by atoms with Gasteiger partial charge in [-0.05, 0) is 43.2 Å². The number of fused-ring (bicyclic) bond motifs is 1. The van der Waals surface area contributed by atoms with Gasteiger partial charge in [0.2, 0.25) is 5.91 Å². The van der Waals surface area contributed by atoms with Crippen LogP contribution in [0.1, 0.15) is 43.7 Å². The molecule has 7 nitrogen and oxygen atoms in total. The molecular weight excluding hydrogens is 460 g/mol. The number of carbonyl (C=O) groups excluding carboxylic acids is 1. The van der Waals surface area contributed by atoms with Crippen LogP contribution >= 0.6 is 11.6 Å². The van der Waals surface area contributed by atoms with Crippen molar-refractivity contribution < 1.29 is 4.79 Å². The zero-order valence-corrected chi connectivity index (χ0v) is 20.4. The fourth-order valence-corrected chi connectivity index (χ4v) is 5.24. The average molecular weight is 489 g/mol. The molecule has 2 heterocycles. The Balaban J connectivity index is 1.42. The first kappa shape index (κ1) is 23.4. The first-order chi connectivity index (χ1) is 17.1. The number of benzene rings is 2. The number of carbonyl (C=O) groups is 1. The van der Waals surface area contributed by atoms with Gasteiger partial charge in [-0.15, -0.1) is 0 Å². The molecule has 0 unspecified atom stereocenters. The topological polar surface area (TPSA) is 85.1 Å². The zero-order chi connectivity index (χ0) is 24.2. The molecule has 1 amide bonds. The van der Waals surface area contributed by atoms with Gasteiger partial charge < -0.3 is 15.1 Å². The number of rotatable bonds is 5. The Kier molecular flexibility index (Phi) is 7.01. The van der Waals surface area contributed by atoms with Gasteiger partial charge in [-0.1, -0.05) is 49.1 Å². The van der Waals surface area contributed by atoms with Crippen molar-refractivity contribution in [1.82, 2.24) is 15.3 Å². The number of halogens is 1. The fourth-order valence-electron chi connectivity index (χ4n) is 5.06. The van der Waals surface area contributed by atoms with Crippen molar-refractivity contribution in [3.8, 4) is 6.07 Å². The molecule has 35 heavy (non-hydrogen) atoms. The molecule has 2 aromatic carbocycles. The molecule has 1 aliphatic heterocycles. The number of aromatic nitrogens is 2. The van der Waals surface area contributed by atoms with Gasteiger partial charge in [0.05, 0.1) is 17.1 Å². The van der Waals surface area contributed by atoms with Gasteiger partial charge in [0.15, 0.2) is 11.7 Å². The first-order valence-electron chi connectivity index (χ1n) is 12.3. The van der Waals surface area contributed by atoms with E-state index in [1.165, 1.54) is 6.42 Å². The SMILES string of the molecule is N#C[C@H](C(=O)NC1CCCCC1)c1nc2ccccc2nc1N1CCN(c2cccc(Cl)c2)CC1. The van der Waals surface area contributed by atoms with Crippen LogP contribution in [0.4, 0.5) is 11.5 Å². The number of hydrogen-bond donors (Lipinski definition) is 1. The summed E-state index contributed by atoms with van der Waals surface area (Å²) in [6, 6.07) is 17.8. The van der Waals surface area contributed by atoms with E-state index >= 15 is 0 Å². The summed E-state index contributed by atoms with van der Waals surface area (Å²) in [6.07, 6.45) is 5.35. The maximum Gasteiger partial charge on any atom is 0.243 e. The maximum atomic E-state index is 13.2. The van der Waals surface area contributed by atoms with Crippen LogP contribution in [0.5, 0.6) is 0 Å². The van der Waals surface area contributed by atoms with Gasteiger partial charge >= 0.3 is 0 Å². The summed E-state index contributed by atoms with van der Waals surface area (Å²) in [4.78, 5) is 27.4. The summed E-state index contributed by atoms with van der Waals surface area (Å²) >= 11 is 6.19. The lowest BCUT2D eigenvalue weighted by atomic mass is 9.94. The molecule has 5 rings (SSSR count). The maximum absolute atomic E-state index is 13.2. The lowest BCUT2D eigenvalue weighted by Gasteiger charge is -2.37. The highest BCUT2D eigenvalue weighted by molar-refractivity contribution is 6.30. The summed E-state index contributed by atoms with van der Waals surface area (Å²) in [5.41, 5.74) is 2.97. The Morgan fingerprint density at radius 2 is 1.66 bits per heavy atom. The van der Waals surface area contributed by atoms with Crippen molar-refractivity contribution in [2.24, 2.45) is 0 Å². The van der Waals surface area contributed by atoms with Gasteiger partial charge in [-0.2, -0.15) is 5.26 Å². The average Bonchev–Trinajstić information content (AvgIpc) is 2.89. The Bertz CT molecular complexity index is 1240. The van der Waals surface area contributed by atoms with Crippen molar-refractivity contribution in [3.63, 3.8) is 0 Å². The summed E-state index contributed by atoms with van der Waals surface area (Å²) in [5, 5.41) is 13.9. The lowest BCUT2D eigenvalue weighted by Crippen LogP contribution is -2.47. The normalized spacial score (nSPS) is 17.7. The minimum absolute atomic E-state index is 0.130. The Morgan fingerprint density at radius 1 is 0.971 bits per heavy atom. The second kappa shape index (κ2) is 10.5. The van der Waals surface area contributed by atoms with E-state index in [1.54, 1.807) is 0 Å². The molecule has 2 fully saturated rings. The number of nitrogens with one attached hydrogen (secondary N) is 1. The first-order valence-corrected chi connectivity index (χ1v) is 12.7. The number of anilines is 2. The molecule has 0 spiro atoms. The van der Waals surface area contributed by atoms with E-state index in [2.05, 4.69) is 27.3 Å². The van der Waals surface area contributed by atoms with Crippen molar-refractivity contribution in [3.05, 3.63) is 59.2 Å². The smallest absolute Gasteiger partial charge is 0.243 e. The molecule has 1 saturated heterocycles. The highest BCUT2D eigenvalue weighted by Gasteiger charge is 2.31. The van der Waals surface area contributed by atoms with Crippen LogP contribution < -0.4 is 15.1 Å². The fraction of sp³-hybridized carbons (Fsp3) is 0.407. The molecule has 1 saturated carbocycles. The molecule has 1 N–H and O–H groups in total. The standard InChI is InChI=1S/C27H29ClN6O/c28-19-7-6-10-21(17-19)33-13-15-34(16-14-33)26-25(31-23-11-4-5-12-24(23)32-26)22(18-29)27(35)30-20-8-2-1-3-9-20/h4-7,10-12,17,20,22H,1-3,8-9,13-16H2,(H,30,35)/t22-/m0/s1. The number of nitrogens with zero attached hydrogens (tertiary/aromatic N) is 5. The second-order valence-electron chi connectivity index (χ2n) is 9.28. The molecule has 8 heteroatoms. The molecule has 1 aromatic heterocycles. The number of piperazine rings is 1. The second-order valence-corrected chi connectivity index (χ2v) is 9.72. The third kappa shape index (κ3) is 5.18. The van der Waals surface area contributed by atoms with E-state index in [-0.39, 0.29) is 11.9 Å². The Morgan fingerprint density at radius 3 is 2.34 bits per heavy atom. The summed E-state index contributed by atoms with van der Waals surface area (Å²) in [7, 11) is 0. The van der Waals surface area contributed by atoms with Gasteiger partial charge in [-0.3, -0.25) is 4.79 Å². The third-order valence-electron chi connectivity index (χ3n) is 6.95. The van der Waals surface area contributed by atoms with Gasteiger partial charge in [-0.25, -0.2) is 9.97 Å². The van der Waals surface area contributed by atoms with E-state index in [0.29, 0.717) is 35.1 Å². The number of amides is 1. The van der Waals surface area contributed by atoms with E-state index < -0.39 is 5.92 Å². The molecule has 2 aliphatic rings. The van der Waals surface area contributed by atoms with Crippen molar-refractivity contribution in [1.29, 1.82) is 5.26 Å². The van der Waals surface area contributed by atoms with Crippen LogP contribution in [0.15, 0.2) is 48.5 Å². The summed E-state index contributed by atoms with van der Waals surface area (Å²) in [6.45, 7) is 2.96. The van der Waals surface area contributed by atoms with Crippen LogP contribution in [0.3, 0.4) is 0 Å². The van der Waals surface area contributed by atoms with Crippen molar-refractivity contribution >= 4 is 40.0 Å². The molecule has 3 aromatic rings. The largest absolute Gasteiger partial charge is 0.368 e. The van der Waals surface area contributed by atoms with E-state index in [0.717, 1.165) is 50.0 Å². The van der Waals surface area contributed by atoms with E-state index in [9.17, 15) is 10.1 Å². The van der Waals surface area contributed by atoms with Crippen molar-refractivity contribution in [2.75, 3.05) is 36.0 Å². The molecule has 180 valence electrons. The quantitative estimate of drug-likeness (QED) is 0.562. The Labute approximate surface area is 210 Å². The number of nitriles is 1. The monoisotopic (exact) mass is 488 g/mol. The van der Waals surface area contributed by atoms with Gasteiger partial charge in [0, 0.05) is 42.9 Å². The van der Waals surface area contributed by atoms with Crippen LogP contribution in [0, 0.1) is 11.3 Å². The minimum Gasteiger partial charge on any atom is -0.368 e. The minimum atomic E-state index is -1.00. The van der Waals surface area contributed by atoms with E-state index in [1.807, 2.05) is 42.5 Å². The van der Waals surface area contributed by atoms with Crippen molar-refractivity contribution in [2.45, 2.75) is 44.1 Å². The number of para-hydroxylation sites is 2. The zero-order valence-electron chi connectivity index (χ0n) is 19.7. The highest BCUT2D eigenvalue weighted by Crippen LogP contribution is 2.30. The molecule has 1 atom stereocenters. The van der Waals surface area contributed by atoms with Gasteiger partial charge in [0.1, 0.15) is 5.69 Å². The highest BCUT2D eigenvalue weighted by atomic mass is 35.5. The van der Waals surface area contributed by atoms with Crippen LogP contribution in [0.25, 0.3) is 11.0 Å². The molecule has 0 radical (unpaired) electrons. The van der Waals surface area contributed by atoms with E-state index in [4.69, 9.17) is 21.6 Å². The summed E-state index contributed by atoms with van der Waals surface area (Å²) in [5.74, 6) is -0.655.